The monoisotopic (exact) mass is 250 g/mol. The Morgan fingerprint density at radius 2 is 2.17 bits per heavy atom. The highest BCUT2D eigenvalue weighted by Crippen LogP contribution is 2.27. The van der Waals surface area contributed by atoms with Crippen molar-refractivity contribution in [3.63, 3.8) is 0 Å². The van der Waals surface area contributed by atoms with E-state index in [4.69, 9.17) is 0 Å². The summed E-state index contributed by atoms with van der Waals surface area (Å²) in [7, 11) is 1.70. The van der Waals surface area contributed by atoms with Gasteiger partial charge in [0.25, 0.3) is 0 Å². The van der Waals surface area contributed by atoms with Crippen LogP contribution in [0.4, 0.5) is 4.39 Å². The fourth-order valence-corrected chi connectivity index (χ4v) is 1.81. The summed E-state index contributed by atoms with van der Waals surface area (Å²) in [5, 5.41) is 3.14. The topological polar surface area (TPSA) is 32.3 Å². The Kier molecular flexibility index (Phi) is 4.31. The van der Waals surface area contributed by atoms with Crippen molar-refractivity contribution < 1.29 is 9.18 Å². The maximum atomic E-state index is 13.4. The summed E-state index contributed by atoms with van der Waals surface area (Å²) in [6, 6.07) is 6.55. The molecular weight excluding hydrogens is 231 g/mol. The summed E-state index contributed by atoms with van der Waals surface area (Å²) in [5.41, 5.74) is 0.551. The molecule has 0 unspecified atom stereocenters. The number of hydrogen-bond acceptors (Lipinski definition) is 2. The van der Waals surface area contributed by atoms with Gasteiger partial charge < -0.3 is 10.2 Å². The van der Waals surface area contributed by atoms with Crippen LogP contribution in [0, 0.1) is 11.7 Å². The number of nitrogens with one attached hydrogen (secondary N) is 1. The molecule has 0 aliphatic heterocycles. The van der Waals surface area contributed by atoms with Gasteiger partial charge in [-0.05, 0) is 31.4 Å². The van der Waals surface area contributed by atoms with Crippen molar-refractivity contribution in [2.45, 2.75) is 19.4 Å². The van der Waals surface area contributed by atoms with Crippen molar-refractivity contribution in [1.29, 1.82) is 0 Å². The first-order valence-corrected chi connectivity index (χ1v) is 6.35. The number of likely N-dealkylation sites (N-methyl/N-ethyl adjacent to an activating group) is 1. The van der Waals surface area contributed by atoms with E-state index in [1.165, 1.54) is 18.9 Å². The molecule has 0 spiro atoms. The second kappa shape index (κ2) is 5.96. The molecular formula is C14H19FN2O. The zero-order valence-electron chi connectivity index (χ0n) is 10.7. The lowest BCUT2D eigenvalue weighted by atomic mass is 10.2. The smallest absolute Gasteiger partial charge is 0.236 e. The normalized spacial score (nSPS) is 14.6. The molecule has 1 aromatic rings. The Balaban J connectivity index is 1.77. The molecule has 0 heterocycles. The van der Waals surface area contributed by atoms with Gasteiger partial charge in [0.2, 0.25) is 5.91 Å². The van der Waals surface area contributed by atoms with Gasteiger partial charge in [-0.3, -0.25) is 4.79 Å². The maximum Gasteiger partial charge on any atom is 0.236 e. The van der Waals surface area contributed by atoms with Gasteiger partial charge in [0, 0.05) is 19.2 Å². The van der Waals surface area contributed by atoms with Crippen LogP contribution in [0.15, 0.2) is 24.3 Å². The molecule has 4 heteroatoms. The van der Waals surface area contributed by atoms with Crippen LogP contribution in [-0.2, 0) is 11.3 Å². The van der Waals surface area contributed by atoms with E-state index in [0.717, 1.165) is 12.5 Å². The molecule has 1 saturated carbocycles. The second-order valence-corrected chi connectivity index (χ2v) is 4.92. The quantitative estimate of drug-likeness (QED) is 0.834. The molecule has 1 aromatic carbocycles. The van der Waals surface area contributed by atoms with Crippen LogP contribution in [0.5, 0.6) is 0 Å². The molecule has 0 radical (unpaired) electrons. The molecule has 0 bridgehead atoms. The second-order valence-electron chi connectivity index (χ2n) is 4.92. The number of halogens is 1. The highest BCUT2D eigenvalue weighted by Gasteiger charge is 2.21. The first-order chi connectivity index (χ1) is 8.66. The van der Waals surface area contributed by atoms with Crippen LogP contribution in [0.3, 0.4) is 0 Å². The minimum atomic E-state index is -0.261. The van der Waals surface area contributed by atoms with Gasteiger partial charge in [-0.25, -0.2) is 4.39 Å². The predicted octanol–water partition coefficient (Wildman–Crippen LogP) is 1.78. The number of amides is 1. The zero-order valence-corrected chi connectivity index (χ0v) is 10.7. The molecule has 1 amide bonds. The SMILES string of the molecule is CN(Cc1ccccc1F)C(=O)CNCC1CC1. The Labute approximate surface area is 107 Å². The van der Waals surface area contributed by atoms with E-state index in [1.54, 1.807) is 30.1 Å². The van der Waals surface area contributed by atoms with Gasteiger partial charge in [0.05, 0.1) is 6.54 Å². The van der Waals surface area contributed by atoms with E-state index in [1.807, 2.05) is 0 Å². The summed E-state index contributed by atoms with van der Waals surface area (Å²) in [6.07, 6.45) is 2.54. The van der Waals surface area contributed by atoms with Gasteiger partial charge in [0.1, 0.15) is 5.82 Å². The van der Waals surface area contributed by atoms with E-state index in [-0.39, 0.29) is 11.7 Å². The van der Waals surface area contributed by atoms with Crippen LogP contribution in [0.2, 0.25) is 0 Å². The lowest BCUT2D eigenvalue weighted by molar-refractivity contribution is -0.129. The molecule has 1 N–H and O–H groups in total. The first kappa shape index (κ1) is 13.0. The van der Waals surface area contributed by atoms with E-state index in [2.05, 4.69) is 5.32 Å². The lowest BCUT2D eigenvalue weighted by Crippen LogP contribution is -2.36. The summed E-state index contributed by atoms with van der Waals surface area (Å²) in [6.45, 7) is 1.57. The molecule has 1 aliphatic carbocycles. The first-order valence-electron chi connectivity index (χ1n) is 6.35. The molecule has 0 atom stereocenters. The Morgan fingerprint density at radius 1 is 1.44 bits per heavy atom. The summed E-state index contributed by atoms with van der Waals surface area (Å²) in [5.74, 6) is 0.497. The van der Waals surface area contributed by atoms with Crippen molar-refractivity contribution in [3.8, 4) is 0 Å². The average molecular weight is 250 g/mol. The van der Waals surface area contributed by atoms with Crippen LogP contribution in [0.25, 0.3) is 0 Å². The number of nitrogens with zero attached hydrogens (tertiary/aromatic N) is 1. The third-order valence-electron chi connectivity index (χ3n) is 3.20. The van der Waals surface area contributed by atoms with Crippen molar-refractivity contribution in [1.82, 2.24) is 10.2 Å². The van der Waals surface area contributed by atoms with Crippen molar-refractivity contribution >= 4 is 5.91 Å². The number of carbonyl (C=O) groups is 1. The summed E-state index contributed by atoms with van der Waals surface area (Å²) >= 11 is 0. The Morgan fingerprint density at radius 3 is 2.83 bits per heavy atom. The summed E-state index contributed by atoms with van der Waals surface area (Å²) < 4.78 is 13.4. The maximum absolute atomic E-state index is 13.4. The minimum absolute atomic E-state index is 0.00102. The third kappa shape index (κ3) is 3.81. The molecule has 0 saturated heterocycles. The zero-order chi connectivity index (χ0) is 13.0. The van der Waals surface area contributed by atoms with Crippen LogP contribution in [0.1, 0.15) is 18.4 Å². The fraction of sp³-hybridized carbons (Fsp3) is 0.500. The number of hydrogen-bond donors (Lipinski definition) is 1. The Bertz CT molecular complexity index is 418. The molecule has 18 heavy (non-hydrogen) atoms. The van der Waals surface area contributed by atoms with E-state index < -0.39 is 0 Å². The number of carbonyl (C=O) groups excluding carboxylic acids is 1. The molecule has 0 aromatic heterocycles. The molecule has 1 aliphatic rings. The van der Waals surface area contributed by atoms with Crippen molar-refractivity contribution in [2.24, 2.45) is 5.92 Å². The predicted molar refractivity (Wildman–Crippen MR) is 68.5 cm³/mol. The lowest BCUT2D eigenvalue weighted by Gasteiger charge is -2.18. The van der Waals surface area contributed by atoms with E-state index in [0.29, 0.717) is 18.7 Å². The van der Waals surface area contributed by atoms with Gasteiger partial charge in [-0.1, -0.05) is 18.2 Å². The van der Waals surface area contributed by atoms with E-state index in [9.17, 15) is 9.18 Å². The van der Waals surface area contributed by atoms with Gasteiger partial charge in [0.15, 0.2) is 0 Å². The largest absolute Gasteiger partial charge is 0.340 e. The Hall–Kier alpha value is -1.42. The van der Waals surface area contributed by atoms with Crippen LogP contribution in [-0.4, -0.2) is 30.9 Å². The number of rotatable bonds is 6. The average Bonchev–Trinajstić information content (AvgIpc) is 3.16. The summed E-state index contributed by atoms with van der Waals surface area (Å²) in [4.78, 5) is 13.4. The highest BCUT2D eigenvalue weighted by atomic mass is 19.1. The molecule has 98 valence electrons. The van der Waals surface area contributed by atoms with E-state index >= 15 is 0 Å². The highest BCUT2D eigenvalue weighted by molar-refractivity contribution is 5.77. The molecule has 1 fully saturated rings. The van der Waals surface area contributed by atoms with Gasteiger partial charge in [-0.2, -0.15) is 0 Å². The standard InChI is InChI=1S/C14H19FN2O/c1-17(10-12-4-2-3-5-13(12)15)14(18)9-16-8-11-6-7-11/h2-5,11,16H,6-10H2,1H3. The fourth-order valence-electron chi connectivity index (χ4n) is 1.81. The van der Waals surface area contributed by atoms with Crippen molar-refractivity contribution in [2.75, 3.05) is 20.1 Å². The minimum Gasteiger partial charge on any atom is -0.340 e. The van der Waals surface area contributed by atoms with Gasteiger partial charge in [-0.15, -0.1) is 0 Å². The van der Waals surface area contributed by atoms with Crippen LogP contribution < -0.4 is 5.32 Å². The number of benzene rings is 1. The molecule has 2 rings (SSSR count). The third-order valence-corrected chi connectivity index (χ3v) is 3.20. The van der Waals surface area contributed by atoms with Gasteiger partial charge >= 0.3 is 0 Å². The van der Waals surface area contributed by atoms with Crippen LogP contribution >= 0.6 is 0 Å². The van der Waals surface area contributed by atoms with Crippen molar-refractivity contribution in [3.05, 3.63) is 35.6 Å². The molecule has 3 nitrogen and oxygen atoms in total.